The lowest BCUT2D eigenvalue weighted by Gasteiger charge is -2.11. The summed E-state index contributed by atoms with van der Waals surface area (Å²) in [7, 11) is 0. The third kappa shape index (κ3) is 4.85. The third-order valence-electron chi connectivity index (χ3n) is 4.17. The first-order valence-electron chi connectivity index (χ1n) is 7.99. The maximum atomic E-state index is 12.0. The van der Waals surface area contributed by atoms with Gasteiger partial charge >= 0.3 is 0 Å². The molecule has 0 aliphatic heterocycles. The summed E-state index contributed by atoms with van der Waals surface area (Å²) in [5, 5.41) is 2.91. The molecule has 0 atom stereocenters. The Balaban J connectivity index is 1.76. The standard InChI is InChI=1S/C20H25NO2/c1-14-8-9-18(12-16(14)3)13-20(22)21-10-11-23-19-7-5-6-15(2)17(19)4/h5-9,12H,10-11,13H2,1-4H3,(H,21,22). The molecule has 0 fully saturated rings. The lowest BCUT2D eigenvalue weighted by Crippen LogP contribution is -2.29. The molecule has 3 nitrogen and oxygen atoms in total. The minimum absolute atomic E-state index is 0.0258. The monoisotopic (exact) mass is 311 g/mol. The first-order chi connectivity index (χ1) is 11.0. The Morgan fingerprint density at radius 3 is 2.52 bits per heavy atom. The average molecular weight is 311 g/mol. The Morgan fingerprint density at radius 1 is 1.00 bits per heavy atom. The van der Waals surface area contributed by atoms with Gasteiger partial charge in [0.25, 0.3) is 0 Å². The molecule has 1 N–H and O–H groups in total. The van der Waals surface area contributed by atoms with Crippen molar-refractivity contribution in [3.63, 3.8) is 0 Å². The predicted octanol–water partition coefficient (Wildman–Crippen LogP) is 3.66. The van der Waals surface area contributed by atoms with Crippen LogP contribution in [0, 0.1) is 27.7 Å². The number of carbonyl (C=O) groups is 1. The van der Waals surface area contributed by atoms with Crippen LogP contribution in [0.5, 0.6) is 5.75 Å². The van der Waals surface area contributed by atoms with Crippen molar-refractivity contribution in [2.24, 2.45) is 0 Å². The number of carbonyl (C=O) groups excluding carboxylic acids is 1. The molecule has 23 heavy (non-hydrogen) atoms. The second kappa shape index (κ2) is 7.82. The number of ether oxygens (including phenoxy) is 1. The van der Waals surface area contributed by atoms with E-state index in [4.69, 9.17) is 4.74 Å². The molecular weight excluding hydrogens is 286 g/mol. The zero-order chi connectivity index (χ0) is 16.8. The summed E-state index contributed by atoms with van der Waals surface area (Å²) in [6, 6.07) is 12.1. The Morgan fingerprint density at radius 2 is 1.78 bits per heavy atom. The summed E-state index contributed by atoms with van der Waals surface area (Å²) in [5.74, 6) is 0.909. The van der Waals surface area contributed by atoms with Gasteiger partial charge < -0.3 is 10.1 Å². The van der Waals surface area contributed by atoms with Gasteiger partial charge in [0.1, 0.15) is 12.4 Å². The molecule has 0 spiro atoms. The van der Waals surface area contributed by atoms with Crippen molar-refractivity contribution in [1.29, 1.82) is 0 Å². The highest BCUT2D eigenvalue weighted by molar-refractivity contribution is 5.78. The van der Waals surface area contributed by atoms with Crippen molar-refractivity contribution in [2.45, 2.75) is 34.1 Å². The molecule has 0 aliphatic carbocycles. The molecule has 3 heteroatoms. The first kappa shape index (κ1) is 17.1. The van der Waals surface area contributed by atoms with Crippen LogP contribution in [0.15, 0.2) is 36.4 Å². The van der Waals surface area contributed by atoms with Crippen molar-refractivity contribution in [2.75, 3.05) is 13.2 Å². The molecule has 2 aromatic carbocycles. The van der Waals surface area contributed by atoms with Crippen LogP contribution in [0.25, 0.3) is 0 Å². The fourth-order valence-corrected chi connectivity index (χ4v) is 2.39. The summed E-state index contributed by atoms with van der Waals surface area (Å²) in [4.78, 5) is 12.0. The summed E-state index contributed by atoms with van der Waals surface area (Å²) < 4.78 is 5.74. The van der Waals surface area contributed by atoms with Gasteiger partial charge in [-0.05, 0) is 61.6 Å². The molecule has 0 saturated carbocycles. The van der Waals surface area contributed by atoms with Crippen molar-refractivity contribution < 1.29 is 9.53 Å². The number of amides is 1. The van der Waals surface area contributed by atoms with Crippen LogP contribution in [0.4, 0.5) is 0 Å². The van der Waals surface area contributed by atoms with Crippen molar-refractivity contribution in [3.8, 4) is 5.75 Å². The summed E-state index contributed by atoms with van der Waals surface area (Å²) in [6.45, 7) is 9.23. The predicted molar refractivity (Wildman–Crippen MR) is 94.0 cm³/mol. The second-order valence-corrected chi connectivity index (χ2v) is 5.99. The quantitative estimate of drug-likeness (QED) is 0.827. The van der Waals surface area contributed by atoms with E-state index in [0.29, 0.717) is 19.6 Å². The Hall–Kier alpha value is -2.29. The van der Waals surface area contributed by atoms with Crippen LogP contribution in [0.3, 0.4) is 0 Å². The fourth-order valence-electron chi connectivity index (χ4n) is 2.39. The maximum Gasteiger partial charge on any atom is 0.224 e. The van der Waals surface area contributed by atoms with E-state index >= 15 is 0 Å². The largest absolute Gasteiger partial charge is 0.491 e. The van der Waals surface area contributed by atoms with Gasteiger partial charge in [0.05, 0.1) is 13.0 Å². The molecule has 0 aliphatic rings. The smallest absolute Gasteiger partial charge is 0.224 e. The minimum Gasteiger partial charge on any atom is -0.491 e. The number of aryl methyl sites for hydroxylation is 3. The molecule has 0 bridgehead atoms. The number of hydrogen-bond donors (Lipinski definition) is 1. The zero-order valence-electron chi connectivity index (χ0n) is 14.4. The second-order valence-electron chi connectivity index (χ2n) is 5.99. The SMILES string of the molecule is Cc1ccc(CC(=O)NCCOc2cccc(C)c2C)cc1C. The highest BCUT2D eigenvalue weighted by atomic mass is 16.5. The van der Waals surface area contributed by atoms with Gasteiger partial charge in [0, 0.05) is 0 Å². The van der Waals surface area contributed by atoms with Gasteiger partial charge in [-0.2, -0.15) is 0 Å². The van der Waals surface area contributed by atoms with Crippen molar-refractivity contribution >= 4 is 5.91 Å². The zero-order valence-corrected chi connectivity index (χ0v) is 14.4. The van der Waals surface area contributed by atoms with Crippen LogP contribution >= 0.6 is 0 Å². The van der Waals surface area contributed by atoms with E-state index in [-0.39, 0.29) is 5.91 Å². The molecule has 0 heterocycles. The van der Waals surface area contributed by atoms with E-state index in [1.54, 1.807) is 0 Å². The highest BCUT2D eigenvalue weighted by Crippen LogP contribution is 2.20. The van der Waals surface area contributed by atoms with Crippen LogP contribution in [0.2, 0.25) is 0 Å². The summed E-state index contributed by atoms with van der Waals surface area (Å²) in [5.41, 5.74) is 5.86. The molecule has 2 rings (SSSR count). The van der Waals surface area contributed by atoms with Gasteiger partial charge in [-0.1, -0.05) is 30.3 Å². The molecular formula is C20H25NO2. The van der Waals surface area contributed by atoms with Crippen LogP contribution in [-0.2, 0) is 11.2 Å². The van der Waals surface area contributed by atoms with E-state index < -0.39 is 0 Å². The van der Waals surface area contributed by atoms with Gasteiger partial charge in [0.15, 0.2) is 0 Å². The molecule has 1 amide bonds. The molecule has 0 radical (unpaired) electrons. The fraction of sp³-hybridized carbons (Fsp3) is 0.350. The van der Waals surface area contributed by atoms with E-state index in [1.165, 1.54) is 16.7 Å². The lowest BCUT2D eigenvalue weighted by atomic mass is 10.0. The van der Waals surface area contributed by atoms with E-state index in [0.717, 1.165) is 16.9 Å². The normalized spacial score (nSPS) is 10.4. The third-order valence-corrected chi connectivity index (χ3v) is 4.17. The van der Waals surface area contributed by atoms with Crippen molar-refractivity contribution in [3.05, 3.63) is 64.2 Å². The van der Waals surface area contributed by atoms with Gasteiger partial charge in [-0.25, -0.2) is 0 Å². The Kier molecular flexibility index (Phi) is 5.80. The van der Waals surface area contributed by atoms with E-state index in [9.17, 15) is 4.79 Å². The first-order valence-corrected chi connectivity index (χ1v) is 7.99. The molecule has 0 aromatic heterocycles. The topological polar surface area (TPSA) is 38.3 Å². The number of hydrogen-bond acceptors (Lipinski definition) is 2. The average Bonchev–Trinajstić information content (AvgIpc) is 2.51. The Bertz CT molecular complexity index is 692. The minimum atomic E-state index is 0.0258. The number of nitrogens with one attached hydrogen (secondary N) is 1. The van der Waals surface area contributed by atoms with E-state index in [2.05, 4.69) is 44.3 Å². The van der Waals surface area contributed by atoms with Gasteiger partial charge in [-0.15, -0.1) is 0 Å². The van der Waals surface area contributed by atoms with Crippen LogP contribution in [-0.4, -0.2) is 19.1 Å². The Labute approximate surface area is 138 Å². The number of benzene rings is 2. The maximum absolute atomic E-state index is 12.0. The lowest BCUT2D eigenvalue weighted by molar-refractivity contribution is -0.120. The molecule has 2 aromatic rings. The van der Waals surface area contributed by atoms with E-state index in [1.807, 2.05) is 25.1 Å². The summed E-state index contributed by atoms with van der Waals surface area (Å²) >= 11 is 0. The van der Waals surface area contributed by atoms with Gasteiger partial charge in [0.2, 0.25) is 5.91 Å². The van der Waals surface area contributed by atoms with Crippen LogP contribution in [0.1, 0.15) is 27.8 Å². The summed E-state index contributed by atoms with van der Waals surface area (Å²) in [6.07, 6.45) is 0.407. The van der Waals surface area contributed by atoms with Crippen molar-refractivity contribution in [1.82, 2.24) is 5.32 Å². The molecule has 122 valence electrons. The molecule has 0 unspecified atom stereocenters. The molecule has 0 saturated heterocycles. The number of rotatable bonds is 6. The highest BCUT2D eigenvalue weighted by Gasteiger charge is 2.05. The van der Waals surface area contributed by atoms with Gasteiger partial charge in [-0.3, -0.25) is 4.79 Å². The van der Waals surface area contributed by atoms with Crippen LogP contribution < -0.4 is 10.1 Å².